The summed E-state index contributed by atoms with van der Waals surface area (Å²) in [6.45, 7) is 0. The smallest absolute Gasteiger partial charge is 0.175 e. The minimum atomic E-state index is -0.416. The Labute approximate surface area is 181 Å². The third-order valence-corrected chi connectivity index (χ3v) is 5.78. The standard InChI is InChI=1S/C29H19NO/c30-19-20-16-17-24-25(18-20)28(27(29(24)31)23-14-8-3-9-15-23)26(21-10-4-1-5-11-21)22-12-6-2-7-13-22/h1-18,27H. The SMILES string of the molecule is N#Cc1ccc2c(c1)C(=C(c1ccccc1)c1ccccc1)C(c1ccccc1)C2=O. The Bertz CT molecular complexity index is 1290. The number of Topliss-reactive ketones (excluding diaryl/α,β-unsaturated/α-hetero) is 1. The second kappa shape index (κ2) is 7.89. The highest BCUT2D eigenvalue weighted by Crippen LogP contribution is 2.49. The molecule has 0 saturated heterocycles. The minimum Gasteiger partial charge on any atom is -0.293 e. The number of ketones is 1. The van der Waals surface area contributed by atoms with Crippen molar-refractivity contribution in [1.29, 1.82) is 5.26 Å². The summed E-state index contributed by atoms with van der Waals surface area (Å²) in [5, 5.41) is 9.53. The van der Waals surface area contributed by atoms with Gasteiger partial charge >= 0.3 is 0 Å². The van der Waals surface area contributed by atoms with Crippen molar-refractivity contribution < 1.29 is 4.79 Å². The van der Waals surface area contributed by atoms with E-state index < -0.39 is 5.92 Å². The molecule has 4 aromatic carbocycles. The van der Waals surface area contributed by atoms with Crippen LogP contribution in [0.4, 0.5) is 0 Å². The largest absolute Gasteiger partial charge is 0.293 e. The molecule has 31 heavy (non-hydrogen) atoms. The van der Waals surface area contributed by atoms with Gasteiger partial charge in [0.2, 0.25) is 0 Å². The number of nitrogens with zero attached hydrogens (tertiary/aromatic N) is 1. The Kier molecular flexibility index (Phi) is 4.78. The van der Waals surface area contributed by atoms with Gasteiger partial charge in [0.05, 0.1) is 17.6 Å². The van der Waals surface area contributed by atoms with E-state index in [0.717, 1.165) is 33.4 Å². The van der Waals surface area contributed by atoms with Crippen LogP contribution in [0.3, 0.4) is 0 Å². The molecule has 0 aliphatic heterocycles. The lowest BCUT2D eigenvalue weighted by Crippen LogP contribution is -2.08. The molecule has 0 aromatic heterocycles. The number of carbonyl (C=O) groups is 1. The molecule has 0 bridgehead atoms. The van der Waals surface area contributed by atoms with Crippen LogP contribution >= 0.6 is 0 Å². The quantitative estimate of drug-likeness (QED) is 0.396. The van der Waals surface area contributed by atoms with Gasteiger partial charge in [-0.05, 0) is 51.6 Å². The normalized spacial score (nSPS) is 14.7. The van der Waals surface area contributed by atoms with Crippen molar-refractivity contribution >= 4 is 16.9 Å². The van der Waals surface area contributed by atoms with E-state index in [0.29, 0.717) is 11.1 Å². The molecule has 0 saturated carbocycles. The van der Waals surface area contributed by atoms with Gasteiger partial charge in [0.1, 0.15) is 0 Å². The lowest BCUT2D eigenvalue weighted by Gasteiger charge is -2.19. The van der Waals surface area contributed by atoms with Gasteiger partial charge in [-0.1, -0.05) is 91.0 Å². The summed E-state index contributed by atoms with van der Waals surface area (Å²) < 4.78 is 0. The van der Waals surface area contributed by atoms with Gasteiger partial charge in [0.15, 0.2) is 5.78 Å². The number of hydrogen-bond acceptors (Lipinski definition) is 2. The Balaban J connectivity index is 1.91. The molecule has 1 unspecified atom stereocenters. The molecule has 1 atom stereocenters. The van der Waals surface area contributed by atoms with Crippen LogP contribution in [0.1, 0.15) is 44.1 Å². The number of benzene rings is 4. The zero-order valence-corrected chi connectivity index (χ0v) is 16.8. The van der Waals surface area contributed by atoms with E-state index in [1.807, 2.05) is 72.8 Å². The first kappa shape index (κ1) is 18.8. The zero-order chi connectivity index (χ0) is 21.2. The van der Waals surface area contributed by atoms with E-state index in [9.17, 15) is 10.1 Å². The van der Waals surface area contributed by atoms with Crippen molar-refractivity contribution in [2.75, 3.05) is 0 Å². The van der Waals surface area contributed by atoms with Gasteiger partial charge in [0.25, 0.3) is 0 Å². The molecule has 2 heteroatoms. The fraction of sp³-hybridized carbons (Fsp3) is 0.0345. The molecule has 146 valence electrons. The number of nitriles is 1. The van der Waals surface area contributed by atoms with Crippen LogP contribution in [0.15, 0.2) is 109 Å². The molecular weight excluding hydrogens is 378 g/mol. The Morgan fingerprint density at radius 2 is 1.23 bits per heavy atom. The molecule has 0 amide bonds. The van der Waals surface area contributed by atoms with Crippen LogP contribution in [0.2, 0.25) is 0 Å². The van der Waals surface area contributed by atoms with Crippen molar-refractivity contribution in [3.05, 3.63) is 143 Å². The number of hydrogen-bond donors (Lipinski definition) is 0. The predicted octanol–water partition coefficient (Wildman–Crippen LogP) is 6.50. The molecular formula is C29H19NO. The van der Waals surface area contributed by atoms with Crippen molar-refractivity contribution in [3.63, 3.8) is 0 Å². The summed E-state index contributed by atoms with van der Waals surface area (Å²) in [6, 6.07) is 37.9. The Morgan fingerprint density at radius 1 is 0.677 bits per heavy atom. The first-order chi connectivity index (χ1) is 15.3. The first-order valence-electron chi connectivity index (χ1n) is 10.3. The topological polar surface area (TPSA) is 40.9 Å². The molecule has 0 N–H and O–H groups in total. The summed E-state index contributed by atoms with van der Waals surface area (Å²) >= 11 is 0. The highest BCUT2D eigenvalue weighted by Gasteiger charge is 2.38. The van der Waals surface area contributed by atoms with E-state index >= 15 is 0 Å². The Morgan fingerprint density at radius 3 is 1.77 bits per heavy atom. The molecule has 0 spiro atoms. The maximum atomic E-state index is 13.7. The summed E-state index contributed by atoms with van der Waals surface area (Å²) in [5.41, 5.74) is 7.12. The van der Waals surface area contributed by atoms with Crippen LogP contribution in [0, 0.1) is 11.3 Å². The van der Waals surface area contributed by atoms with Gasteiger partial charge in [-0.15, -0.1) is 0 Å². The van der Waals surface area contributed by atoms with Crippen molar-refractivity contribution in [2.45, 2.75) is 5.92 Å². The minimum absolute atomic E-state index is 0.0741. The monoisotopic (exact) mass is 397 g/mol. The van der Waals surface area contributed by atoms with Gasteiger partial charge in [-0.3, -0.25) is 4.79 Å². The molecule has 0 fully saturated rings. The first-order valence-corrected chi connectivity index (χ1v) is 10.3. The Hall–Kier alpha value is -4.22. The molecule has 0 radical (unpaired) electrons. The van der Waals surface area contributed by atoms with E-state index in [1.165, 1.54) is 0 Å². The van der Waals surface area contributed by atoms with E-state index in [1.54, 1.807) is 12.1 Å². The number of fused-ring (bicyclic) bond motifs is 1. The van der Waals surface area contributed by atoms with Gasteiger partial charge in [-0.2, -0.15) is 5.26 Å². The lowest BCUT2D eigenvalue weighted by molar-refractivity contribution is 0.0986. The maximum Gasteiger partial charge on any atom is 0.175 e. The van der Waals surface area contributed by atoms with E-state index in [-0.39, 0.29) is 5.78 Å². The lowest BCUT2D eigenvalue weighted by atomic mass is 9.83. The molecule has 0 heterocycles. The average Bonchev–Trinajstić information content (AvgIpc) is 3.12. The number of rotatable bonds is 3. The van der Waals surface area contributed by atoms with Crippen LogP contribution in [-0.2, 0) is 0 Å². The van der Waals surface area contributed by atoms with Crippen LogP contribution in [-0.4, -0.2) is 5.78 Å². The second-order valence-corrected chi connectivity index (χ2v) is 7.60. The third kappa shape index (κ3) is 3.27. The molecule has 1 aliphatic rings. The van der Waals surface area contributed by atoms with Gasteiger partial charge < -0.3 is 0 Å². The summed E-state index contributed by atoms with van der Waals surface area (Å²) in [6.07, 6.45) is 0. The van der Waals surface area contributed by atoms with E-state index in [4.69, 9.17) is 0 Å². The third-order valence-electron chi connectivity index (χ3n) is 5.78. The summed E-state index contributed by atoms with van der Waals surface area (Å²) in [5.74, 6) is -0.342. The van der Waals surface area contributed by atoms with Crippen molar-refractivity contribution in [2.24, 2.45) is 0 Å². The fourth-order valence-corrected chi connectivity index (χ4v) is 4.42. The number of carbonyl (C=O) groups excluding carboxylic acids is 1. The van der Waals surface area contributed by atoms with Crippen molar-refractivity contribution in [3.8, 4) is 6.07 Å². The van der Waals surface area contributed by atoms with Gasteiger partial charge in [0, 0.05) is 5.56 Å². The van der Waals surface area contributed by atoms with Crippen LogP contribution in [0.25, 0.3) is 11.1 Å². The van der Waals surface area contributed by atoms with Crippen LogP contribution in [0.5, 0.6) is 0 Å². The molecule has 5 rings (SSSR count). The molecule has 4 aromatic rings. The van der Waals surface area contributed by atoms with E-state index in [2.05, 4.69) is 30.3 Å². The van der Waals surface area contributed by atoms with Crippen molar-refractivity contribution in [1.82, 2.24) is 0 Å². The molecule has 2 nitrogen and oxygen atoms in total. The highest BCUT2D eigenvalue weighted by molar-refractivity contribution is 6.22. The average molecular weight is 397 g/mol. The predicted molar refractivity (Wildman–Crippen MR) is 123 cm³/mol. The summed E-state index contributed by atoms with van der Waals surface area (Å²) in [4.78, 5) is 13.7. The fourth-order valence-electron chi connectivity index (χ4n) is 4.42. The molecule has 1 aliphatic carbocycles. The summed E-state index contributed by atoms with van der Waals surface area (Å²) in [7, 11) is 0. The number of allylic oxidation sites excluding steroid dienone is 1. The maximum absolute atomic E-state index is 13.7. The van der Waals surface area contributed by atoms with Gasteiger partial charge in [-0.25, -0.2) is 0 Å². The van der Waals surface area contributed by atoms with Crippen LogP contribution < -0.4 is 0 Å². The zero-order valence-electron chi connectivity index (χ0n) is 16.8. The second-order valence-electron chi connectivity index (χ2n) is 7.60. The highest BCUT2D eigenvalue weighted by atomic mass is 16.1.